The molecule has 0 atom stereocenters. The molecule has 2 rings (SSSR count). The van der Waals surface area contributed by atoms with E-state index in [0.717, 1.165) is 29.4 Å². The van der Waals surface area contributed by atoms with E-state index in [0.29, 0.717) is 10.9 Å². The van der Waals surface area contributed by atoms with Crippen molar-refractivity contribution >= 4 is 29.3 Å². The van der Waals surface area contributed by atoms with Crippen LogP contribution in [0.4, 0.5) is 0 Å². The third-order valence-corrected chi connectivity index (χ3v) is 4.93. The Labute approximate surface area is 122 Å². The molecule has 1 saturated carbocycles. The number of carboxylic acids is 1. The Bertz CT molecular complexity index is 541. The lowest BCUT2D eigenvalue weighted by molar-refractivity contribution is -0.131. The molecule has 1 aromatic heterocycles. The number of rotatable bonds is 4. The molecule has 0 unspecified atom stereocenters. The van der Waals surface area contributed by atoms with Crippen LogP contribution in [0.15, 0.2) is 12.1 Å². The van der Waals surface area contributed by atoms with Crippen molar-refractivity contribution in [1.82, 2.24) is 4.90 Å². The van der Waals surface area contributed by atoms with Gasteiger partial charge in [0, 0.05) is 24.0 Å². The van der Waals surface area contributed by atoms with E-state index in [1.165, 1.54) is 24.2 Å². The van der Waals surface area contributed by atoms with E-state index in [-0.39, 0.29) is 5.91 Å². The first-order valence-corrected chi connectivity index (χ1v) is 7.59. The molecule has 1 amide bonds. The number of hydrogen-bond donors (Lipinski definition) is 1. The second-order valence-corrected chi connectivity index (χ2v) is 6.27. The summed E-state index contributed by atoms with van der Waals surface area (Å²) in [7, 11) is 1.86. The van der Waals surface area contributed by atoms with Gasteiger partial charge in [-0.25, -0.2) is 4.79 Å². The Balaban J connectivity index is 2.14. The van der Waals surface area contributed by atoms with E-state index < -0.39 is 5.97 Å². The molecule has 0 spiro atoms. The minimum Gasteiger partial charge on any atom is -0.478 e. The lowest BCUT2D eigenvalue weighted by atomic mass is 10.2. The number of hydrogen-bond acceptors (Lipinski definition) is 3. The first-order chi connectivity index (χ1) is 9.49. The van der Waals surface area contributed by atoms with Crippen molar-refractivity contribution in [3.05, 3.63) is 27.5 Å². The Kier molecular flexibility index (Phi) is 4.60. The van der Waals surface area contributed by atoms with Gasteiger partial charge in [-0.05, 0) is 37.5 Å². The Morgan fingerprint density at radius 2 is 2.05 bits per heavy atom. The van der Waals surface area contributed by atoms with Crippen LogP contribution in [0.5, 0.6) is 0 Å². The van der Waals surface area contributed by atoms with Gasteiger partial charge in [-0.15, -0.1) is 11.3 Å². The van der Waals surface area contributed by atoms with Crippen molar-refractivity contribution in [3.63, 3.8) is 0 Å². The van der Waals surface area contributed by atoms with E-state index in [2.05, 4.69) is 0 Å². The number of amides is 1. The fourth-order valence-electron chi connectivity index (χ4n) is 2.55. The second kappa shape index (κ2) is 6.22. The maximum absolute atomic E-state index is 12.4. The molecule has 5 heteroatoms. The molecule has 0 aliphatic heterocycles. The Hall–Kier alpha value is -1.62. The standard InChI is InChI=1S/C15H19NO3S/c1-10-9-13(20-12(10)7-8-14(17)18)15(19)16(2)11-5-3-4-6-11/h7-9,11H,3-6H2,1-2H3,(H,17,18)/b8-7+. The van der Waals surface area contributed by atoms with Gasteiger partial charge in [-0.3, -0.25) is 4.79 Å². The molecule has 20 heavy (non-hydrogen) atoms. The van der Waals surface area contributed by atoms with E-state index >= 15 is 0 Å². The highest BCUT2D eigenvalue weighted by Gasteiger charge is 2.25. The number of carbonyl (C=O) groups excluding carboxylic acids is 1. The fraction of sp³-hybridized carbons (Fsp3) is 0.467. The first-order valence-electron chi connectivity index (χ1n) is 6.77. The van der Waals surface area contributed by atoms with Crippen LogP contribution in [0.2, 0.25) is 0 Å². The van der Waals surface area contributed by atoms with Gasteiger partial charge < -0.3 is 10.0 Å². The lowest BCUT2D eigenvalue weighted by Crippen LogP contribution is -2.34. The van der Waals surface area contributed by atoms with E-state index in [1.54, 1.807) is 6.08 Å². The molecule has 1 aliphatic rings. The van der Waals surface area contributed by atoms with Gasteiger partial charge >= 0.3 is 5.97 Å². The second-order valence-electron chi connectivity index (χ2n) is 5.18. The highest BCUT2D eigenvalue weighted by molar-refractivity contribution is 7.15. The maximum atomic E-state index is 12.4. The molecule has 4 nitrogen and oxygen atoms in total. The van der Waals surface area contributed by atoms with E-state index in [4.69, 9.17) is 5.11 Å². The third kappa shape index (κ3) is 3.28. The Morgan fingerprint density at radius 3 is 2.65 bits per heavy atom. The highest BCUT2D eigenvalue weighted by Crippen LogP contribution is 2.28. The molecule has 1 N–H and O–H groups in total. The van der Waals surface area contributed by atoms with Crippen LogP contribution in [0.3, 0.4) is 0 Å². The van der Waals surface area contributed by atoms with Crippen LogP contribution >= 0.6 is 11.3 Å². The van der Waals surface area contributed by atoms with Crippen LogP contribution in [-0.2, 0) is 4.79 Å². The molecular formula is C15H19NO3S. The predicted octanol–water partition coefficient (Wildman–Crippen LogP) is 3.17. The third-order valence-electron chi connectivity index (χ3n) is 3.74. The summed E-state index contributed by atoms with van der Waals surface area (Å²) in [5, 5.41) is 8.66. The van der Waals surface area contributed by atoms with Crippen LogP contribution in [0, 0.1) is 6.92 Å². The molecular weight excluding hydrogens is 274 g/mol. The number of carboxylic acid groups (broad SMARTS) is 1. The number of nitrogens with zero attached hydrogens (tertiary/aromatic N) is 1. The first kappa shape index (κ1) is 14.8. The van der Waals surface area contributed by atoms with Gasteiger partial charge in [0.25, 0.3) is 5.91 Å². The van der Waals surface area contributed by atoms with Crippen molar-refractivity contribution in [3.8, 4) is 0 Å². The van der Waals surface area contributed by atoms with Crippen LogP contribution in [-0.4, -0.2) is 35.0 Å². The van der Waals surface area contributed by atoms with Crippen molar-refractivity contribution in [2.75, 3.05) is 7.05 Å². The molecule has 1 aliphatic carbocycles. The van der Waals surface area contributed by atoms with Crippen LogP contribution in [0.25, 0.3) is 6.08 Å². The molecule has 0 saturated heterocycles. The topological polar surface area (TPSA) is 57.6 Å². The van der Waals surface area contributed by atoms with E-state index in [1.807, 2.05) is 24.9 Å². The Morgan fingerprint density at radius 1 is 1.40 bits per heavy atom. The maximum Gasteiger partial charge on any atom is 0.328 e. The average Bonchev–Trinajstić information content (AvgIpc) is 3.04. The molecule has 0 bridgehead atoms. The van der Waals surface area contributed by atoms with Gasteiger partial charge in [-0.1, -0.05) is 12.8 Å². The normalized spacial score (nSPS) is 15.9. The fourth-order valence-corrected chi connectivity index (χ4v) is 3.61. The summed E-state index contributed by atoms with van der Waals surface area (Å²) in [5.74, 6) is -0.936. The zero-order valence-electron chi connectivity index (χ0n) is 11.8. The summed E-state index contributed by atoms with van der Waals surface area (Å²) in [5.41, 5.74) is 0.940. The molecule has 108 valence electrons. The van der Waals surface area contributed by atoms with Crippen molar-refractivity contribution in [1.29, 1.82) is 0 Å². The summed E-state index contributed by atoms with van der Waals surface area (Å²) in [4.78, 5) is 26.3. The van der Waals surface area contributed by atoms with E-state index in [9.17, 15) is 9.59 Å². The van der Waals surface area contributed by atoms with Crippen molar-refractivity contribution in [2.24, 2.45) is 0 Å². The van der Waals surface area contributed by atoms with Crippen molar-refractivity contribution < 1.29 is 14.7 Å². The molecule has 1 aromatic rings. The van der Waals surface area contributed by atoms with Gasteiger partial charge in [0.1, 0.15) is 0 Å². The van der Waals surface area contributed by atoms with Gasteiger partial charge in [0.05, 0.1) is 4.88 Å². The van der Waals surface area contributed by atoms with Gasteiger partial charge in [0.15, 0.2) is 0 Å². The van der Waals surface area contributed by atoms with Gasteiger partial charge in [0.2, 0.25) is 0 Å². The average molecular weight is 293 g/mol. The number of aryl methyl sites for hydroxylation is 1. The number of carbonyl (C=O) groups is 2. The summed E-state index contributed by atoms with van der Waals surface area (Å²) in [6.45, 7) is 1.89. The summed E-state index contributed by atoms with van der Waals surface area (Å²) in [6.07, 6.45) is 7.20. The summed E-state index contributed by atoms with van der Waals surface area (Å²) >= 11 is 1.36. The van der Waals surface area contributed by atoms with Crippen molar-refractivity contribution in [2.45, 2.75) is 38.6 Å². The lowest BCUT2D eigenvalue weighted by Gasteiger charge is -2.23. The zero-order valence-corrected chi connectivity index (χ0v) is 12.6. The molecule has 1 fully saturated rings. The van der Waals surface area contributed by atoms with Crippen LogP contribution in [0.1, 0.15) is 45.8 Å². The SMILES string of the molecule is Cc1cc(C(=O)N(C)C2CCCC2)sc1/C=C/C(=O)O. The molecule has 1 heterocycles. The molecule has 0 radical (unpaired) electrons. The van der Waals surface area contributed by atoms with Gasteiger partial charge in [-0.2, -0.15) is 0 Å². The summed E-state index contributed by atoms with van der Waals surface area (Å²) in [6, 6.07) is 2.20. The monoisotopic (exact) mass is 293 g/mol. The zero-order chi connectivity index (χ0) is 14.7. The largest absolute Gasteiger partial charge is 0.478 e. The summed E-state index contributed by atoms with van der Waals surface area (Å²) < 4.78 is 0. The number of aliphatic carboxylic acids is 1. The minimum absolute atomic E-state index is 0.0416. The predicted molar refractivity (Wildman–Crippen MR) is 80.1 cm³/mol. The minimum atomic E-state index is -0.978. The molecule has 0 aromatic carbocycles. The highest BCUT2D eigenvalue weighted by atomic mass is 32.1. The quantitative estimate of drug-likeness (QED) is 0.867. The smallest absolute Gasteiger partial charge is 0.328 e. The van der Waals surface area contributed by atoms with Crippen LogP contribution < -0.4 is 0 Å². The number of thiophene rings is 1.